The Bertz CT molecular complexity index is 1100. The highest BCUT2D eigenvalue weighted by atomic mass is 35.5. The molecular formula is C25H25ClN2O3. The zero-order valence-corrected chi connectivity index (χ0v) is 18.4. The van der Waals surface area contributed by atoms with Crippen LogP contribution in [0.25, 0.3) is 0 Å². The van der Waals surface area contributed by atoms with E-state index in [0.29, 0.717) is 29.7 Å². The van der Waals surface area contributed by atoms with E-state index in [1.807, 2.05) is 62.4 Å². The van der Waals surface area contributed by atoms with Gasteiger partial charge in [0.15, 0.2) is 0 Å². The molecule has 2 N–H and O–H groups in total. The number of halogens is 1. The molecule has 3 aromatic rings. The third-order valence-electron chi connectivity index (χ3n) is 5.55. The Kier molecular flexibility index (Phi) is 6.16. The maximum atomic E-state index is 11.5. The molecule has 0 aliphatic carbocycles. The standard InChI is InChI=1S/C25H25ClN2O3/c1-16-5-3-6-17(2)24(16)31-23-12-18(9-10-22(23)26)20-13-28(15-30-14-20)21-8-4-7-19(11-21)25(27)29/h3-12,20H,13-15H2,1-2H3,(H2,27,29)/t20-/m1/s1. The molecule has 1 fully saturated rings. The second-order valence-electron chi connectivity index (χ2n) is 7.85. The topological polar surface area (TPSA) is 64.8 Å². The van der Waals surface area contributed by atoms with Gasteiger partial charge in [-0.1, -0.05) is 41.9 Å². The van der Waals surface area contributed by atoms with Crippen molar-refractivity contribution in [1.82, 2.24) is 0 Å². The quantitative estimate of drug-likeness (QED) is 0.579. The largest absolute Gasteiger partial charge is 0.455 e. The van der Waals surface area contributed by atoms with Crippen LogP contribution in [0, 0.1) is 13.8 Å². The summed E-state index contributed by atoms with van der Waals surface area (Å²) < 4.78 is 12.1. The van der Waals surface area contributed by atoms with E-state index in [1.165, 1.54) is 0 Å². The first-order chi connectivity index (χ1) is 14.9. The first-order valence-corrected chi connectivity index (χ1v) is 10.6. The Balaban J connectivity index is 1.57. The van der Waals surface area contributed by atoms with E-state index in [0.717, 1.165) is 34.7 Å². The Hall–Kier alpha value is -3.02. The molecule has 0 radical (unpaired) electrons. The van der Waals surface area contributed by atoms with Gasteiger partial charge in [0, 0.05) is 23.7 Å². The first-order valence-electron chi connectivity index (χ1n) is 10.2. The second-order valence-corrected chi connectivity index (χ2v) is 8.25. The molecule has 0 bridgehead atoms. The molecule has 5 nitrogen and oxygen atoms in total. The van der Waals surface area contributed by atoms with Gasteiger partial charge in [-0.15, -0.1) is 0 Å². The molecule has 4 rings (SSSR count). The van der Waals surface area contributed by atoms with Crippen molar-refractivity contribution < 1.29 is 14.3 Å². The van der Waals surface area contributed by atoms with Crippen molar-refractivity contribution in [1.29, 1.82) is 0 Å². The summed E-state index contributed by atoms with van der Waals surface area (Å²) in [6.07, 6.45) is 0. The number of aryl methyl sites for hydroxylation is 2. The van der Waals surface area contributed by atoms with Crippen molar-refractivity contribution in [3.63, 3.8) is 0 Å². The average molecular weight is 437 g/mol. The average Bonchev–Trinajstić information content (AvgIpc) is 2.78. The number of amides is 1. The minimum atomic E-state index is -0.442. The van der Waals surface area contributed by atoms with Crippen LogP contribution in [0.5, 0.6) is 11.5 Å². The third kappa shape index (κ3) is 4.68. The van der Waals surface area contributed by atoms with Gasteiger partial charge in [-0.25, -0.2) is 0 Å². The molecule has 1 heterocycles. The molecule has 1 amide bonds. The van der Waals surface area contributed by atoms with E-state index in [2.05, 4.69) is 4.90 Å². The minimum absolute atomic E-state index is 0.128. The number of rotatable bonds is 5. The first kappa shape index (κ1) is 21.2. The number of carbonyl (C=O) groups is 1. The molecule has 0 aromatic heterocycles. The molecule has 3 aromatic carbocycles. The lowest BCUT2D eigenvalue weighted by molar-refractivity contribution is 0.0915. The minimum Gasteiger partial charge on any atom is -0.455 e. The van der Waals surface area contributed by atoms with Crippen molar-refractivity contribution in [2.24, 2.45) is 5.73 Å². The fourth-order valence-electron chi connectivity index (χ4n) is 3.84. The summed E-state index contributed by atoms with van der Waals surface area (Å²) in [6, 6.07) is 19.2. The summed E-state index contributed by atoms with van der Waals surface area (Å²) in [4.78, 5) is 13.6. The molecule has 0 saturated carbocycles. The number of hydrogen-bond acceptors (Lipinski definition) is 4. The van der Waals surface area contributed by atoms with Gasteiger partial charge >= 0.3 is 0 Å². The molecule has 0 unspecified atom stereocenters. The van der Waals surface area contributed by atoms with Crippen molar-refractivity contribution in [2.45, 2.75) is 19.8 Å². The molecular weight excluding hydrogens is 412 g/mol. The highest BCUT2D eigenvalue weighted by molar-refractivity contribution is 6.32. The highest BCUT2D eigenvalue weighted by Crippen LogP contribution is 2.36. The van der Waals surface area contributed by atoms with Gasteiger partial charge in [0.05, 0.1) is 11.6 Å². The zero-order valence-electron chi connectivity index (χ0n) is 17.6. The summed E-state index contributed by atoms with van der Waals surface area (Å²) in [5, 5.41) is 0.564. The third-order valence-corrected chi connectivity index (χ3v) is 5.86. The molecule has 31 heavy (non-hydrogen) atoms. The number of carbonyl (C=O) groups excluding carboxylic acids is 1. The van der Waals surface area contributed by atoms with Crippen molar-refractivity contribution in [3.05, 3.63) is 87.9 Å². The summed E-state index contributed by atoms with van der Waals surface area (Å²) in [6.45, 7) is 5.83. The Morgan fingerprint density at radius 2 is 1.84 bits per heavy atom. The lowest BCUT2D eigenvalue weighted by Crippen LogP contribution is -2.38. The van der Waals surface area contributed by atoms with Crippen LogP contribution in [0.3, 0.4) is 0 Å². The molecule has 1 atom stereocenters. The van der Waals surface area contributed by atoms with Gasteiger partial charge in [-0.2, -0.15) is 0 Å². The van der Waals surface area contributed by atoms with Gasteiger partial charge in [0.25, 0.3) is 0 Å². The van der Waals surface area contributed by atoms with Crippen LogP contribution >= 0.6 is 11.6 Å². The van der Waals surface area contributed by atoms with E-state index in [4.69, 9.17) is 26.8 Å². The van der Waals surface area contributed by atoms with Crippen LogP contribution in [-0.2, 0) is 4.74 Å². The smallest absolute Gasteiger partial charge is 0.248 e. The van der Waals surface area contributed by atoms with Gasteiger partial charge in [-0.05, 0) is 60.9 Å². The van der Waals surface area contributed by atoms with E-state index >= 15 is 0 Å². The SMILES string of the molecule is Cc1cccc(C)c1Oc1cc([C@H]2COCN(c3cccc(C(N)=O)c3)C2)ccc1Cl. The molecule has 1 aliphatic rings. The number of ether oxygens (including phenoxy) is 2. The van der Waals surface area contributed by atoms with Crippen LogP contribution < -0.4 is 15.4 Å². The fourth-order valence-corrected chi connectivity index (χ4v) is 3.99. The van der Waals surface area contributed by atoms with Crippen LogP contribution in [0.1, 0.15) is 33.0 Å². The summed E-state index contributed by atoms with van der Waals surface area (Å²) in [5.41, 5.74) is 10.0. The summed E-state index contributed by atoms with van der Waals surface area (Å²) in [5.74, 6) is 1.14. The molecule has 160 valence electrons. The monoisotopic (exact) mass is 436 g/mol. The lowest BCUT2D eigenvalue weighted by Gasteiger charge is -2.34. The van der Waals surface area contributed by atoms with E-state index in [1.54, 1.807) is 12.1 Å². The van der Waals surface area contributed by atoms with Crippen LogP contribution in [0.15, 0.2) is 60.7 Å². The predicted octanol–water partition coefficient (Wildman–Crippen LogP) is 5.43. The number of nitrogens with two attached hydrogens (primary N) is 1. The van der Waals surface area contributed by atoms with Gasteiger partial charge < -0.3 is 20.1 Å². The Morgan fingerprint density at radius 3 is 2.58 bits per heavy atom. The van der Waals surface area contributed by atoms with Crippen LogP contribution in [0.2, 0.25) is 5.02 Å². The second kappa shape index (κ2) is 9.00. The number of para-hydroxylation sites is 1. The normalized spacial score (nSPS) is 16.2. The molecule has 6 heteroatoms. The lowest BCUT2D eigenvalue weighted by atomic mass is 9.98. The van der Waals surface area contributed by atoms with E-state index in [9.17, 15) is 4.79 Å². The maximum absolute atomic E-state index is 11.5. The Morgan fingerprint density at radius 1 is 1.10 bits per heavy atom. The zero-order chi connectivity index (χ0) is 22.0. The highest BCUT2D eigenvalue weighted by Gasteiger charge is 2.24. The van der Waals surface area contributed by atoms with Crippen molar-refractivity contribution in [2.75, 3.05) is 24.8 Å². The summed E-state index contributed by atoms with van der Waals surface area (Å²) >= 11 is 6.45. The maximum Gasteiger partial charge on any atom is 0.248 e. The van der Waals surface area contributed by atoms with Gasteiger partial charge in [0.1, 0.15) is 18.2 Å². The predicted molar refractivity (Wildman–Crippen MR) is 123 cm³/mol. The van der Waals surface area contributed by atoms with Gasteiger partial charge in [0.2, 0.25) is 5.91 Å². The Labute approximate surface area is 187 Å². The fraction of sp³-hybridized carbons (Fsp3) is 0.240. The molecule has 0 spiro atoms. The number of primary amides is 1. The molecule has 1 saturated heterocycles. The van der Waals surface area contributed by atoms with E-state index in [-0.39, 0.29) is 5.92 Å². The van der Waals surface area contributed by atoms with Crippen LogP contribution in [0.4, 0.5) is 5.69 Å². The van der Waals surface area contributed by atoms with Crippen LogP contribution in [-0.4, -0.2) is 25.8 Å². The number of anilines is 1. The van der Waals surface area contributed by atoms with Crippen molar-refractivity contribution in [3.8, 4) is 11.5 Å². The van der Waals surface area contributed by atoms with E-state index < -0.39 is 5.91 Å². The van der Waals surface area contributed by atoms with Crippen molar-refractivity contribution >= 4 is 23.2 Å². The summed E-state index contributed by atoms with van der Waals surface area (Å²) in [7, 11) is 0. The van der Waals surface area contributed by atoms with Gasteiger partial charge in [-0.3, -0.25) is 4.79 Å². The number of benzene rings is 3. The number of nitrogens with zero attached hydrogens (tertiary/aromatic N) is 1. The number of hydrogen-bond donors (Lipinski definition) is 1. The molecule has 1 aliphatic heterocycles.